The summed E-state index contributed by atoms with van der Waals surface area (Å²) in [4.78, 5) is 0. The zero-order valence-electron chi connectivity index (χ0n) is 12.7. The molecule has 0 aromatic heterocycles. The first kappa shape index (κ1) is 16.8. The van der Waals surface area contributed by atoms with Crippen LogP contribution in [0.1, 0.15) is 25.0 Å². The molecule has 114 valence electrons. The minimum absolute atomic E-state index is 0.0637. The van der Waals surface area contributed by atoms with Gasteiger partial charge in [0.25, 0.3) is 0 Å². The third kappa shape index (κ3) is 4.37. The summed E-state index contributed by atoms with van der Waals surface area (Å²) in [7, 11) is 4.85. The predicted molar refractivity (Wildman–Crippen MR) is 78.5 cm³/mol. The maximum atomic E-state index is 10.6. The van der Waals surface area contributed by atoms with Gasteiger partial charge in [-0.1, -0.05) is 6.92 Å². The molecule has 1 aromatic carbocycles. The van der Waals surface area contributed by atoms with Gasteiger partial charge in [-0.05, 0) is 24.6 Å². The van der Waals surface area contributed by atoms with Crippen molar-refractivity contribution in [3.63, 3.8) is 0 Å². The van der Waals surface area contributed by atoms with Crippen molar-refractivity contribution in [3.05, 3.63) is 23.8 Å². The van der Waals surface area contributed by atoms with E-state index >= 15 is 0 Å². The molecule has 0 saturated heterocycles. The second-order valence-electron chi connectivity index (χ2n) is 4.51. The number of hydrogen-bond acceptors (Lipinski definition) is 5. The first-order valence-electron chi connectivity index (χ1n) is 6.80. The highest BCUT2D eigenvalue weighted by atomic mass is 16.5. The van der Waals surface area contributed by atoms with Crippen molar-refractivity contribution in [3.8, 4) is 11.5 Å². The molecular weight excluding hydrogens is 258 g/mol. The Balaban J connectivity index is 2.89. The van der Waals surface area contributed by atoms with Crippen molar-refractivity contribution < 1.29 is 19.3 Å². The van der Waals surface area contributed by atoms with Crippen LogP contribution in [0.3, 0.4) is 0 Å². The topological polar surface area (TPSA) is 60.0 Å². The van der Waals surface area contributed by atoms with E-state index in [-0.39, 0.29) is 6.04 Å². The van der Waals surface area contributed by atoms with Gasteiger partial charge in [0.05, 0.1) is 26.9 Å². The minimum atomic E-state index is -0.665. The average molecular weight is 283 g/mol. The molecule has 0 amide bonds. The summed E-state index contributed by atoms with van der Waals surface area (Å²) < 4.78 is 15.5. The number of aliphatic hydroxyl groups is 1. The van der Waals surface area contributed by atoms with Gasteiger partial charge in [0.2, 0.25) is 0 Å². The Labute approximate surface area is 120 Å². The van der Waals surface area contributed by atoms with E-state index in [0.717, 1.165) is 12.0 Å². The van der Waals surface area contributed by atoms with E-state index in [1.165, 1.54) is 0 Å². The van der Waals surface area contributed by atoms with Crippen LogP contribution in [-0.2, 0) is 4.74 Å². The normalized spacial score (nSPS) is 13.8. The Morgan fingerprint density at radius 3 is 2.50 bits per heavy atom. The molecule has 5 nitrogen and oxygen atoms in total. The molecule has 0 spiro atoms. The second kappa shape index (κ2) is 8.79. The molecule has 0 heterocycles. The zero-order chi connectivity index (χ0) is 15.0. The van der Waals surface area contributed by atoms with Gasteiger partial charge in [-0.3, -0.25) is 0 Å². The number of benzene rings is 1. The maximum absolute atomic E-state index is 10.6. The van der Waals surface area contributed by atoms with Gasteiger partial charge in [-0.15, -0.1) is 0 Å². The second-order valence-corrected chi connectivity index (χ2v) is 4.51. The first-order chi connectivity index (χ1) is 9.67. The fraction of sp³-hybridized carbons (Fsp3) is 0.600. The molecule has 2 atom stereocenters. The predicted octanol–water partition coefficient (Wildman–Crippen LogP) is 1.75. The van der Waals surface area contributed by atoms with Gasteiger partial charge in [0, 0.05) is 25.3 Å². The lowest BCUT2D eigenvalue weighted by molar-refractivity contribution is 0.114. The summed E-state index contributed by atoms with van der Waals surface area (Å²) in [5, 5.41) is 13.9. The van der Waals surface area contributed by atoms with Crippen LogP contribution >= 0.6 is 0 Å². The van der Waals surface area contributed by atoms with Gasteiger partial charge in [0.1, 0.15) is 11.5 Å². The fourth-order valence-electron chi connectivity index (χ4n) is 2.11. The highest BCUT2D eigenvalue weighted by molar-refractivity contribution is 5.42. The lowest BCUT2D eigenvalue weighted by Crippen LogP contribution is -2.36. The number of hydrogen-bond donors (Lipinski definition) is 2. The summed E-state index contributed by atoms with van der Waals surface area (Å²) in [6, 6.07) is 5.36. The molecule has 0 bridgehead atoms. The van der Waals surface area contributed by atoms with Crippen LogP contribution in [0.4, 0.5) is 0 Å². The quantitative estimate of drug-likeness (QED) is 0.676. The fourth-order valence-corrected chi connectivity index (χ4v) is 2.11. The average Bonchev–Trinajstić information content (AvgIpc) is 2.50. The van der Waals surface area contributed by atoms with Gasteiger partial charge in [-0.25, -0.2) is 0 Å². The number of nitrogens with one attached hydrogen (secondary N) is 1. The van der Waals surface area contributed by atoms with E-state index in [0.29, 0.717) is 24.7 Å². The lowest BCUT2D eigenvalue weighted by atomic mass is 9.99. The smallest absolute Gasteiger partial charge is 0.124 e. The van der Waals surface area contributed by atoms with Crippen LogP contribution < -0.4 is 14.8 Å². The third-order valence-corrected chi connectivity index (χ3v) is 3.29. The summed E-state index contributed by atoms with van der Waals surface area (Å²) >= 11 is 0. The van der Waals surface area contributed by atoms with Crippen molar-refractivity contribution in [1.29, 1.82) is 0 Å². The Morgan fingerprint density at radius 1 is 1.20 bits per heavy atom. The monoisotopic (exact) mass is 283 g/mol. The van der Waals surface area contributed by atoms with E-state index < -0.39 is 6.10 Å². The maximum Gasteiger partial charge on any atom is 0.124 e. The van der Waals surface area contributed by atoms with Crippen LogP contribution in [0.25, 0.3) is 0 Å². The summed E-state index contributed by atoms with van der Waals surface area (Å²) in [5.74, 6) is 1.36. The molecule has 2 unspecified atom stereocenters. The molecular formula is C15H25NO4. The standard InChI is InChI=1S/C15H25NO4/c1-5-13(16-8-9-18-2)15(17)12-10-11(19-3)6-7-14(12)20-4/h6-7,10,13,15-17H,5,8-9H2,1-4H3. The lowest BCUT2D eigenvalue weighted by Gasteiger charge is -2.25. The van der Waals surface area contributed by atoms with Crippen LogP contribution in [0, 0.1) is 0 Å². The largest absolute Gasteiger partial charge is 0.497 e. The van der Waals surface area contributed by atoms with Crippen LogP contribution in [0.2, 0.25) is 0 Å². The molecule has 0 aliphatic heterocycles. The number of methoxy groups -OCH3 is 3. The highest BCUT2D eigenvalue weighted by Crippen LogP contribution is 2.31. The van der Waals surface area contributed by atoms with Crippen molar-refractivity contribution >= 4 is 0 Å². The van der Waals surface area contributed by atoms with Gasteiger partial charge >= 0.3 is 0 Å². The van der Waals surface area contributed by atoms with Crippen molar-refractivity contribution in [1.82, 2.24) is 5.32 Å². The number of aliphatic hydroxyl groups excluding tert-OH is 1. The molecule has 0 fully saturated rings. The van der Waals surface area contributed by atoms with E-state index in [2.05, 4.69) is 5.32 Å². The summed E-state index contributed by atoms with van der Waals surface area (Å²) in [6.07, 6.45) is 0.132. The third-order valence-electron chi connectivity index (χ3n) is 3.29. The van der Waals surface area contributed by atoms with E-state index in [1.807, 2.05) is 19.1 Å². The highest BCUT2D eigenvalue weighted by Gasteiger charge is 2.22. The van der Waals surface area contributed by atoms with E-state index in [1.54, 1.807) is 27.4 Å². The SMILES string of the molecule is CCC(NCCOC)C(O)c1cc(OC)ccc1OC. The molecule has 1 aromatic rings. The van der Waals surface area contributed by atoms with Gasteiger partial charge in [-0.2, -0.15) is 0 Å². The van der Waals surface area contributed by atoms with E-state index in [4.69, 9.17) is 14.2 Å². The molecule has 2 N–H and O–H groups in total. The van der Waals surface area contributed by atoms with Crippen molar-refractivity contribution in [2.45, 2.75) is 25.5 Å². The van der Waals surface area contributed by atoms with Crippen molar-refractivity contribution in [2.75, 3.05) is 34.5 Å². The Morgan fingerprint density at radius 2 is 1.95 bits per heavy atom. The molecule has 0 radical (unpaired) electrons. The summed E-state index contributed by atoms with van der Waals surface area (Å²) in [5.41, 5.74) is 0.726. The molecule has 0 aliphatic carbocycles. The number of ether oxygens (including phenoxy) is 3. The van der Waals surface area contributed by atoms with Crippen LogP contribution in [-0.4, -0.2) is 45.6 Å². The Kier molecular flexibility index (Phi) is 7.36. The number of rotatable bonds is 9. The van der Waals surface area contributed by atoms with Crippen LogP contribution in [0.15, 0.2) is 18.2 Å². The van der Waals surface area contributed by atoms with Crippen molar-refractivity contribution in [2.24, 2.45) is 0 Å². The van der Waals surface area contributed by atoms with Gasteiger partial charge in [0.15, 0.2) is 0 Å². The molecule has 0 saturated carbocycles. The zero-order valence-corrected chi connectivity index (χ0v) is 12.7. The minimum Gasteiger partial charge on any atom is -0.497 e. The summed E-state index contributed by atoms with van der Waals surface area (Å²) in [6.45, 7) is 3.33. The molecule has 0 aliphatic rings. The molecule has 1 rings (SSSR count). The molecule has 20 heavy (non-hydrogen) atoms. The van der Waals surface area contributed by atoms with E-state index in [9.17, 15) is 5.11 Å². The Bertz CT molecular complexity index is 397. The molecule has 5 heteroatoms. The van der Waals surface area contributed by atoms with Gasteiger partial charge < -0.3 is 24.6 Å². The first-order valence-corrected chi connectivity index (χ1v) is 6.80. The van der Waals surface area contributed by atoms with Crippen LogP contribution in [0.5, 0.6) is 11.5 Å². The Hall–Kier alpha value is -1.30.